The van der Waals surface area contributed by atoms with Crippen LogP contribution in [0, 0.1) is 16.7 Å². The molecule has 2 fully saturated rings. The zero-order chi connectivity index (χ0) is 30.3. The van der Waals surface area contributed by atoms with E-state index in [1.165, 1.54) is 17.7 Å². The molecule has 0 bridgehead atoms. The average Bonchev–Trinajstić information content (AvgIpc) is 3.59. The van der Waals surface area contributed by atoms with E-state index in [1.807, 2.05) is 32.0 Å². The molecule has 0 saturated heterocycles. The SMILES string of the molecule is CC.CC(N)c1nc(C(F)(F)F)cc2c(-c3cccc(C(C(=N)N(C)C=N)C4CCC4)c3)n[nH]c12.OC1CCCC1. The average molecular weight is 574 g/mol. The van der Waals surface area contributed by atoms with Crippen LogP contribution in [0.4, 0.5) is 13.2 Å². The van der Waals surface area contributed by atoms with Gasteiger partial charge in [-0.2, -0.15) is 18.3 Å². The van der Waals surface area contributed by atoms with Gasteiger partial charge in [0.15, 0.2) is 0 Å². The highest BCUT2D eigenvalue weighted by molar-refractivity contribution is 5.96. The predicted molar refractivity (Wildman–Crippen MR) is 157 cm³/mol. The number of nitrogens with one attached hydrogen (secondary N) is 3. The molecule has 0 spiro atoms. The van der Waals surface area contributed by atoms with Crippen molar-refractivity contribution in [3.05, 3.63) is 47.3 Å². The summed E-state index contributed by atoms with van der Waals surface area (Å²) in [4.78, 5) is 5.22. The molecule has 0 radical (unpaired) electrons. The Balaban J connectivity index is 0.000000505. The van der Waals surface area contributed by atoms with Crippen LogP contribution in [0.1, 0.15) is 94.6 Å². The van der Waals surface area contributed by atoms with Crippen molar-refractivity contribution < 1.29 is 18.3 Å². The molecule has 2 aliphatic rings. The van der Waals surface area contributed by atoms with Crippen LogP contribution in [0.2, 0.25) is 0 Å². The van der Waals surface area contributed by atoms with E-state index in [2.05, 4.69) is 15.2 Å². The zero-order valence-corrected chi connectivity index (χ0v) is 24.2. The molecule has 2 unspecified atom stereocenters. The summed E-state index contributed by atoms with van der Waals surface area (Å²) in [6.45, 7) is 5.58. The maximum atomic E-state index is 13.5. The number of fused-ring (bicyclic) bond motifs is 1. The van der Waals surface area contributed by atoms with Gasteiger partial charge in [0.2, 0.25) is 0 Å². The molecule has 2 saturated carbocycles. The van der Waals surface area contributed by atoms with E-state index in [9.17, 15) is 13.2 Å². The van der Waals surface area contributed by atoms with E-state index < -0.39 is 17.9 Å². The second-order valence-electron chi connectivity index (χ2n) is 10.5. The van der Waals surface area contributed by atoms with Gasteiger partial charge < -0.3 is 15.7 Å². The number of nitrogens with two attached hydrogens (primary N) is 1. The van der Waals surface area contributed by atoms with Gasteiger partial charge in [0.05, 0.1) is 23.7 Å². The first kappa shape index (κ1) is 32.2. The number of aromatic nitrogens is 3. The Bertz CT molecular complexity index is 1310. The standard InChI is InChI=1S/C23H26F3N7.C5H10O.C2H6/c1-12(28)19-21-16(10-17(30-19)23(24,25)26)20(31-32-21)15-8-4-7-14(9-15)18(13-5-3-6-13)22(29)33(2)11-27;6-5-3-1-2-4-5;1-2/h4,7-13,18,27,29H,3,5-6,28H2,1-2H3,(H,31,32);5-6H,1-4H2;1-2H3. The first-order valence-corrected chi connectivity index (χ1v) is 14.3. The summed E-state index contributed by atoms with van der Waals surface area (Å²) in [6, 6.07) is 7.71. The molecule has 8 nitrogen and oxygen atoms in total. The summed E-state index contributed by atoms with van der Waals surface area (Å²) in [7, 11) is 1.67. The molecule has 2 atom stereocenters. The molecule has 224 valence electrons. The van der Waals surface area contributed by atoms with Crippen LogP contribution in [-0.2, 0) is 6.18 Å². The van der Waals surface area contributed by atoms with Crippen molar-refractivity contribution in [2.24, 2.45) is 11.7 Å². The summed E-state index contributed by atoms with van der Waals surface area (Å²) in [6.07, 6.45) is 4.18. The van der Waals surface area contributed by atoms with Crippen molar-refractivity contribution in [3.8, 4) is 11.3 Å². The number of halogens is 3. The number of hydrogen-bond donors (Lipinski definition) is 5. The van der Waals surface area contributed by atoms with Gasteiger partial charge in [-0.05, 0) is 56.2 Å². The number of likely N-dealkylation sites (N-methyl/N-ethyl adjacent to an activating group) is 1. The molecule has 11 heteroatoms. The van der Waals surface area contributed by atoms with Crippen LogP contribution in [-0.4, -0.2) is 50.5 Å². The van der Waals surface area contributed by atoms with E-state index in [0.717, 1.165) is 50.1 Å². The normalized spacial score (nSPS) is 17.0. The Morgan fingerprint density at radius 1 is 1.15 bits per heavy atom. The van der Waals surface area contributed by atoms with Crippen molar-refractivity contribution in [1.82, 2.24) is 20.1 Å². The highest BCUT2D eigenvalue weighted by atomic mass is 19.4. The van der Waals surface area contributed by atoms with Gasteiger partial charge in [-0.25, -0.2) is 4.98 Å². The van der Waals surface area contributed by atoms with Gasteiger partial charge in [0.25, 0.3) is 0 Å². The monoisotopic (exact) mass is 573 g/mol. The second kappa shape index (κ2) is 14.0. The van der Waals surface area contributed by atoms with E-state index >= 15 is 0 Å². The first-order chi connectivity index (χ1) is 19.5. The minimum atomic E-state index is -4.62. The van der Waals surface area contributed by atoms with Gasteiger partial charge in [0.1, 0.15) is 17.2 Å². The molecule has 0 amide bonds. The molecule has 6 N–H and O–H groups in total. The Kier molecular flexibility index (Phi) is 11.0. The number of aliphatic hydroxyl groups excluding tert-OH is 1. The topological polar surface area (TPSA) is 139 Å². The van der Waals surface area contributed by atoms with E-state index in [-0.39, 0.29) is 23.6 Å². The van der Waals surface area contributed by atoms with Gasteiger partial charge >= 0.3 is 6.18 Å². The molecule has 1 aromatic carbocycles. The lowest BCUT2D eigenvalue weighted by molar-refractivity contribution is -0.141. The number of H-pyrrole nitrogens is 1. The molecule has 5 rings (SSSR count). The number of alkyl halides is 3. The summed E-state index contributed by atoms with van der Waals surface area (Å²) in [5.41, 5.74) is 7.28. The van der Waals surface area contributed by atoms with Crippen LogP contribution in [0.15, 0.2) is 30.3 Å². The lowest BCUT2D eigenvalue weighted by Gasteiger charge is -2.36. The van der Waals surface area contributed by atoms with Crippen LogP contribution in [0.25, 0.3) is 22.2 Å². The number of amidine groups is 1. The van der Waals surface area contributed by atoms with Crippen molar-refractivity contribution in [1.29, 1.82) is 10.8 Å². The summed E-state index contributed by atoms with van der Waals surface area (Å²) in [5, 5.41) is 32.3. The highest BCUT2D eigenvalue weighted by Gasteiger charge is 2.35. The van der Waals surface area contributed by atoms with Gasteiger partial charge in [-0.1, -0.05) is 51.3 Å². The molecule has 41 heavy (non-hydrogen) atoms. The third-order valence-corrected chi connectivity index (χ3v) is 7.64. The lowest BCUT2D eigenvalue weighted by atomic mass is 9.72. The number of aromatic amines is 1. The second-order valence-corrected chi connectivity index (χ2v) is 10.5. The van der Waals surface area contributed by atoms with Crippen LogP contribution in [0.5, 0.6) is 0 Å². The van der Waals surface area contributed by atoms with Crippen molar-refractivity contribution in [3.63, 3.8) is 0 Å². The van der Waals surface area contributed by atoms with E-state index in [4.69, 9.17) is 21.7 Å². The number of hydrogen-bond acceptors (Lipinski definition) is 6. The van der Waals surface area contributed by atoms with Crippen LogP contribution < -0.4 is 5.73 Å². The number of pyridine rings is 1. The third kappa shape index (κ3) is 7.51. The smallest absolute Gasteiger partial charge is 0.393 e. The van der Waals surface area contributed by atoms with E-state index in [1.54, 1.807) is 20.0 Å². The minimum absolute atomic E-state index is 0.0463. The third-order valence-electron chi connectivity index (χ3n) is 7.64. The lowest BCUT2D eigenvalue weighted by Crippen LogP contribution is -2.36. The zero-order valence-electron chi connectivity index (χ0n) is 24.2. The van der Waals surface area contributed by atoms with Crippen molar-refractivity contribution >= 4 is 23.1 Å². The number of nitrogens with zero attached hydrogens (tertiary/aromatic N) is 3. The predicted octanol–water partition coefficient (Wildman–Crippen LogP) is 7.01. The fourth-order valence-electron chi connectivity index (χ4n) is 5.23. The number of rotatable bonds is 6. The maximum Gasteiger partial charge on any atom is 0.433 e. The molecular weight excluding hydrogens is 531 g/mol. The largest absolute Gasteiger partial charge is 0.433 e. The Labute approximate surface area is 239 Å². The van der Waals surface area contributed by atoms with Crippen molar-refractivity contribution in [2.75, 3.05) is 7.05 Å². The Morgan fingerprint density at radius 2 is 1.80 bits per heavy atom. The quantitative estimate of drug-likeness (QED) is 0.159. The fraction of sp³-hybridized carbons (Fsp3) is 0.533. The molecule has 3 aromatic rings. The Hall–Kier alpha value is -3.31. The van der Waals surface area contributed by atoms with Crippen LogP contribution >= 0.6 is 0 Å². The molecule has 2 aromatic heterocycles. The summed E-state index contributed by atoms with van der Waals surface area (Å²) in [5.74, 6) is 0.404. The van der Waals surface area contributed by atoms with Gasteiger partial charge in [-0.3, -0.25) is 15.9 Å². The molecular formula is C30H42F3N7O. The van der Waals surface area contributed by atoms with Crippen LogP contribution in [0.3, 0.4) is 0 Å². The van der Waals surface area contributed by atoms with Gasteiger partial charge in [-0.15, -0.1) is 0 Å². The Morgan fingerprint density at radius 3 is 2.29 bits per heavy atom. The van der Waals surface area contributed by atoms with Crippen molar-refractivity contribution in [2.45, 2.75) is 90.0 Å². The molecule has 0 aliphatic heterocycles. The highest BCUT2D eigenvalue weighted by Crippen LogP contribution is 2.42. The van der Waals surface area contributed by atoms with E-state index in [0.29, 0.717) is 28.0 Å². The number of aliphatic hydroxyl groups is 1. The molecule has 2 aliphatic carbocycles. The first-order valence-electron chi connectivity index (χ1n) is 14.3. The van der Waals surface area contributed by atoms with Gasteiger partial charge in [0, 0.05) is 30.0 Å². The summed E-state index contributed by atoms with van der Waals surface area (Å²) < 4.78 is 40.6. The molecule has 2 heterocycles. The maximum absolute atomic E-state index is 13.5. The summed E-state index contributed by atoms with van der Waals surface area (Å²) >= 11 is 0. The number of benzene rings is 1. The fourth-order valence-corrected chi connectivity index (χ4v) is 5.23. The minimum Gasteiger partial charge on any atom is -0.393 e.